The lowest BCUT2D eigenvalue weighted by Gasteiger charge is -2.18. The van der Waals surface area contributed by atoms with Gasteiger partial charge in [0.2, 0.25) is 10.0 Å². The molecule has 0 aliphatic rings. The molecule has 9 heteroatoms. The van der Waals surface area contributed by atoms with Gasteiger partial charge in [-0.05, 0) is 6.07 Å². The number of rotatable bonds is 6. The number of anilines is 1. The van der Waals surface area contributed by atoms with Crippen LogP contribution < -0.4 is 10.5 Å². The molecular weight excluding hydrogens is 314 g/mol. The van der Waals surface area contributed by atoms with Crippen molar-refractivity contribution in [2.45, 2.75) is 30.4 Å². The number of nitro benzene ring substituents is 1. The van der Waals surface area contributed by atoms with Crippen LogP contribution in [0, 0.1) is 10.1 Å². The number of nitrogens with two attached hydrogens (primary N) is 1. The third-order valence-electron chi connectivity index (χ3n) is 2.44. The molecule has 0 saturated heterocycles. The molecule has 7 nitrogen and oxygen atoms in total. The highest BCUT2D eigenvalue weighted by Crippen LogP contribution is 2.26. The van der Waals surface area contributed by atoms with Crippen LogP contribution in [0.1, 0.15) is 20.8 Å². The van der Waals surface area contributed by atoms with Crippen molar-refractivity contribution in [3.05, 3.63) is 28.3 Å². The molecule has 0 heterocycles. The first-order valence-corrected chi connectivity index (χ1v) is 8.73. The Morgan fingerprint density at radius 2 is 2.00 bits per heavy atom. The Hall–Kier alpha value is -1.32. The number of nitrogens with one attached hydrogen (secondary N) is 1. The SMILES string of the molecule is CC(C)(C)SCCNc1ccc([N+](=O)[O-])cc1S(N)(=O)=O. The maximum absolute atomic E-state index is 11.5. The standard InChI is InChI=1S/C12H19N3O4S2/c1-12(2,3)20-7-6-14-10-5-4-9(15(16)17)8-11(10)21(13,18)19/h4-5,8,14H,6-7H2,1-3H3,(H2,13,18,19). The average Bonchev–Trinajstić information content (AvgIpc) is 2.32. The predicted molar refractivity (Wildman–Crippen MR) is 85.2 cm³/mol. The van der Waals surface area contributed by atoms with E-state index in [4.69, 9.17) is 5.14 Å². The fraction of sp³-hybridized carbons (Fsp3) is 0.500. The summed E-state index contributed by atoms with van der Waals surface area (Å²) < 4.78 is 23.2. The molecule has 1 aromatic carbocycles. The second-order valence-corrected chi connectivity index (χ2v) is 8.82. The maximum Gasteiger partial charge on any atom is 0.270 e. The summed E-state index contributed by atoms with van der Waals surface area (Å²) in [7, 11) is -4.03. The molecule has 0 spiro atoms. The van der Waals surface area contributed by atoms with Crippen LogP contribution >= 0.6 is 11.8 Å². The minimum atomic E-state index is -4.03. The molecule has 0 aliphatic heterocycles. The van der Waals surface area contributed by atoms with Gasteiger partial charge >= 0.3 is 0 Å². The van der Waals surface area contributed by atoms with Gasteiger partial charge < -0.3 is 5.32 Å². The molecule has 0 aliphatic carbocycles. The molecule has 118 valence electrons. The van der Waals surface area contributed by atoms with Gasteiger partial charge in [-0.15, -0.1) is 0 Å². The molecule has 0 unspecified atom stereocenters. The molecule has 3 N–H and O–H groups in total. The van der Waals surface area contributed by atoms with Crippen molar-refractivity contribution in [2.24, 2.45) is 5.14 Å². The molecule has 0 aromatic heterocycles. The summed E-state index contributed by atoms with van der Waals surface area (Å²) in [5.74, 6) is 0.768. The molecule has 0 bridgehead atoms. The molecule has 0 amide bonds. The fourth-order valence-electron chi connectivity index (χ4n) is 1.55. The lowest BCUT2D eigenvalue weighted by molar-refractivity contribution is -0.385. The highest BCUT2D eigenvalue weighted by Gasteiger charge is 2.19. The van der Waals surface area contributed by atoms with Gasteiger partial charge in [0.05, 0.1) is 10.6 Å². The predicted octanol–water partition coefficient (Wildman–Crippen LogP) is 2.19. The van der Waals surface area contributed by atoms with Crippen molar-refractivity contribution < 1.29 is 13.3 Å². The minimum absolute atomic E-state index is 0.111. The van der Waals surface area contributed by atoms with Gasteiger partial charge in [0, 0.05) is 29.2 Å². The number of nitro groups is 1. The van der Waals surface area contributed by atoms with E-state index in [1.54, 1.807) is 11.8 Å². The second-order valence-electron chi connectivity index (χ2n) is 5.37. The van der Waals surface area contributed by atoms with Crippen molar-refractivity contribution in [3.8, 4) is 0 Å². The van der Waals surface area contributed by atoms with Crippen molar-refractivity contribution in [1.29, 1.82) is 0 Å². The van der Waals surface area contributed by atoms with E-state index >= 15 is 0 Å². The van der Waals surface area contributed by atoms with E-state index in [-0.39, 0.29) is 21.0 Å². The van der Waals surface area contributed by atoms with Gasteiger partial charge in [-0.2, -0.15) is 11.8 Å². The largest absolute Gasteiger partial charge is 0.383 e. The minimum Gasteiger partial charge on any atom is -0.383 e. The number of thioether (sulfide) groups is 1. The van der Waals surface area contributed by atoms with E-state index in [1.165, 1.54) is 12.1 Å². The maximum atomic E-state index is 11.5. The van der Waals surface area contributed by atoms with E-state index in [9.17, 15) is 18.5 Å². The highest BCUT2D eigenvalue weighted by molar-refractivity contribution is 8.00. The van der Waals surface area contributed by atoms with Gasteiger partial charge in [-0.1, -0.05) is 20.8 Å². The van der Waals surface area contributed by atoms with Crippen LogP contribution in [0.4, 0.5) is 11.4 Å². The average molecular weight is 333 g/mol. The second kappa shape index (κ2) is 6.63. The summed E-state index contributed by atoms with van der Waals surface area (Å²) in [5, 5.41) is 18.8. The number of primary sulfonamides is 1. The van der Waals surface area contributed by atoms with Gasteiger partial charge in [-0.25, -0.2) is 13.6 Å². The molecule has 21 heavy (non-hydrogen) atoms. The normalized spacial score (nSPS) is 12.2. The molecule has 0 saturated carbocycles. The topological polar surface area (TPSA) is 115 Å². The Kier molecular flexibility index (Phi) is 5.60. The summed E-state index contributed by atoms with van der Waals surface area (Å²) in [5.41, 5.74) is -0.0359. The van der Waals surface area contributed by atoms with Gasteiger partial charge in [0.25, 0.3) is 5.69 Å². The van der Waals surface area contributed by atoms with Crippen LogP contribution in [-0.4, -0.2) is 30.4 Å². The number of sulfonamides is 1. The van der Waals surface area contributed by atoms with Crippen molar-refractivity contribution in [3.63, 3.8) is 0 Å². The highest BCUT2D eigenvalue weighted by atomic mass is 32.2. The zero-order valence-electron chi connectivity index (χ0n) is 12.1. The summed E-state index contributed by atoms with van der Waals surface area (Å²) >= 11 is 1.72. The van der Waals surface area contributed by atoms with Crippen LogP contribution in [0.5, 0.6) is 0 Å². The fourth-order valence-corrected chi connectivity index (χ4v) is 3.10. The number of benzene rings is 1. The van der Waals surface area contributed by atoms with Gasteiger partial charge in [0.1, 0.15) is 4.90 Å². The third kappa shape index (κ3) is 5.90. The lowest BCUT2D eigenvalue weighted by atomic mass is 10.3. The lowest BCUT2D eigenvalue weighted by Crippen LogP contribution is -2.17. The number of hydrogen-bond donors (Lipinski definition) is 2. The Morgan fingerprint density at radius 1 is 1.38 bits per heavy atom. The van der Waals surface area contributed by atoms with Crippen LogP contribution in [0.25, 0.3) is 0 Å². The van der Waals surface area contributed by atoms with Crippen LogP contribution in [-0.2, 0) is 10.0 Å². The number of nitrogens with zero attached hydrogens (tertiary/aromatic N) is 1. The number of non-ortho nitro benzene ring substituents is 1. The van der Waals surface area contributed by atoms with Crippen LogP contribution in [0.15, 0.2) is 23.1 Å². The van der Waals surface area contributed by atoms with E-state index in [1.807, 2.05) is 0 Å². The monoisotopic (exact) mass is 333 g/mol. The quantitative estimate of drug-likeness (QED) is 0.468. The van der Waals surface area contributed by atoms with Crippen molar-refractivity contribution >= 4 is 33.2 Å². The Bertz CT molecular complexity index is 624. The Morgan fingerprint density at radius 3 is 2.48 bits per heavy atom. The summed E-state index contributed by atoms with van der Waals surface area (Å²) in [6, 6.07) is 3.57. The Labute approximate surface area is 128 Å². The zero-order chi connectivity index (χ0) is 16.3. The smallest absolute Gasteiger partial charge is 0.270 e. The summed E-state index contributed by atoms with van der Waals surface area (Å²) in [4.78, 5) is 9.78. The third-order valence-corrected chi connectivity index (χ3v) is 4.66. The van der Waals surface area contributed by atoms with Crippen LogP contribution in [0.3, 0.4) is 0 Å². The van der Waals surface area contributed by atoms with E-state index in [0.717, 1.165) is 11.8 Å². The first-order chi connectivity index (χ1) is 9.50. The van der Waals surface area contributed by atoms with E-state index in [2.05, 4.69) is 26.1 Å². The van der Waals surface area contributed by atoms with Crippen molar-refractivity contribution in [1.82, 2.24) is 0 Å². The Balaban J connectivity index is 2.89. The molecule has 1 aromatic rings. The zero-order valence-corrected chi connectivity index (χ0v) is 13.8. The van der Waals surface area contributed by atoms with Crippen LogP contribution in [0.2, 0.25) is 0 Å². The molecular formula is C12H19N3O4S2. The number of hydrogen-bond acceptors (Lipinski definition) is 6. The van der Waals surface area contributed by atoms with Gasteiger partial charge in [-0.3, -0.25) is 10.1 Å². The molecule has 0 fully saturated rings. The van der Waals surface area contributed by atoms with Gasteiger partial charge in [0.15, 0.2) is 0 Å². The van der Waals surface area contributed by atoms with E-state index in [0.29, 0.717) is 6.54 Å². The summed E-state index contributed by atoms with van der Waals surface area (Å²) in [6.07, 6.45) is 0. The first-order valence-electron chi connectivity index (χ1n) is 6.20. The molecule has 0 radical (unpaired) electrons. The first kappa shape index (κ1) is 17.7. The van der Waals surface area contributed by atoms with Crippen molar-refractivity contribution in [2.75, 3.05) is 17.6 Å². The molecule has 1 rings (SSSR count). The van der Waals surface area contributed by atoms with E-state index < -0.39 is 14.9 Å². The molecule has 0 atom stereocenters. The summed E-state index contributed by atoms with van der Waals surface area (Å²) in [6.45, 7) is 6.78.